The molecule has 5 rings (SSSR count). The number of nitrogens with one attached hydrogen (secondary N) is 2. The van der Waals surface area contributed by atoms with Gasteiger partial charge in [0, 0.05) is 16.3 Å². The van der Waals surface area contributed by atoms with Crippen LogP contribution in [0.25, 0.3) is 10.9 Å². The van der Waals surface area contributed by atoms with Crippen LogP contribution >= 0.6 is 23.4 Å². The molecule has 214 valence electrons. The quantitative estimate of drug-likeness (QED) is 0.141. The summed E-state index contributed by atoms with van der Waals surface area (Å²) >= 11 is 7.49. The van der Waals surface area contributed by atoms with E-state index in [2.05, 4.69) is 10.6 Å². The van der Waals surface area contributed by atoms with Crippen molar-refractivity contribution in [1.29, 1.82) is 0 Å². The lowest BCUT2D eigenvalue weighted by atomic mass is 10.1. The van der Waals surface area contributed by atoms with Gasteiger partial charge in [0.05, 0.1) is 35.5 Å². The van der Waals surface area contributed by atoms with Gasteiger partial charge in [0.15, 0.2) is 5.16 Å². The van der Waals surface area contributed by atoms with E-state index in [0.717, 1.165) is 11.1 Å². The second-order valence-electron chi connectivity index (χ2n) is 9.73. The molecule has 2 aromatic heterocycles. The van der Waals surface area contributed by atoms with Crippen LogP contribution in [0.4, 0.5) is 5.69 Å². The number of furan rings is 1. The Balaban J connectivity index is 1.38. The molecular formula is C32H29ClN4O4S. The first-order valence-electron chi connectivity index (χ1n) is 13.4. The molecule has 42 heavy (non-hydrogen) atoms. The fourth-order valence-corrected chi connectivity index (χ4v) is 5.54. The molecule has 0 bridgehead atoms. The number of rotatable bonds is 10. The molecule has 0 aliphatic carbocycles. The maximum atomic E-state index is 13.6. The van der Waals surface area contributed by atoms with Crippen LogP contribution in [0.15, 0.2) is 99.5 Å². The SMILES string of the molecule is CCC(Sc1nc2ccccc2c(=O)n1Cc1ccc(C(=O)NCc2ccco2)cc1)C(=O)Nc1ccc(C)c(Cl)c1. The first-order chi connectivity index (χ1) is 20.3. The van der Waals surface area contributed by atoms with Crippen LogP contribution < -0.4 is 16.2 Å². The number of hydrogen-bond acceptors (Lipinski definition) is 6. The molecule has 1 unspecified atom stereocenters. The van der Waals surface area contributed by atoms with Gasteiger partial charge in [-0.25, -0.2) is 4.98 Å². The Morgan fingerprint density at radius 2 is 1.83 bits per heavy atom. The van der Waals surface area contributed by atoms with E-state index in [1.54, 1.807) is 59.4 Å². The van der Waals surface area contributed by atoms with Gasteiger partial charge in [-0.3, -0.25) is 19.0 Å². The van der Waals surface area contributed by atoms with Crippen LogP contribution in [0.1, 0.15) is 40.6 Å². The number of amides is 2. The summed E-state index contributed by atoms with van der Waals surface area (Å²) in [5, 5.41) is 6.74. The summed E-state index contributed by atoms with van der Waals surface area (Å²) in [5.74, 6) is 0.224. The zero-order chi connectivity index (χ0) is 29.6. The summed E-state index contributed by atoms with van der Waals surface area (Å²) in [6.45, 7) is 4.32. The summed E-state index contributed by atoms with van der Waals surface area (Å²) in [4.78, 5) is 44.3. The van der Waals surface area contributed by atoms with Crippen molar-refractivity contribution in [2.45, 2.75) is 43.8 Å². The predicted octanol–water partition coefficient (Wildman–Crippen LogP) is 6.44. The molecular weight excluding hydrogens is 572 g/mol. The molecule has 3 aromatic carbocycles. The van der Waals surface area contributed by atoms with Crippen LogP contribution in [0.2, 0.25) is 5.02 Å². The van der Waals surface area contributed by atoms with Gasteiger partial charge in [-0.15, -0.1) is 0 Å². The number of anilines is 1. The molecule has 5 aromatic rings. The van der Waals surface area contributed by atoms with Crippen LogP contribution in [0.5, 0.6) is 0 Å². The highest BCUT2D eigenvalue weighted by Crippen LogP contribution is 2.27. The third-order valence-electron chi connectivity index (χ3n) is 6.74. The normalized spacial score (nSPS) is 11.8. The summed E-state index contributed by atoms with van der Waals surface area (Å²) in [6, 6.07) is 23.1. The van der Waals surface area contributed by atoms with E-state index in [1.165, 1.54) is 11.8 Å². The summed E-state index contributed by atoms with van der Waals surface area (Å²) in [7, 11) is 0. The van der Waals surface area contributed by atoms with Crippen molar-refractivity contribution in [3.8, 4) is 0 Å². The van der Waals surface area contributed by atoms with E-state index in [1.807, 2.05) is 44.2 Å². The zero-order valence-electron chi connectivity index (χ0n) is 23.1. The van der Waals surface area contributed by atoms with Gasteiger partial charge < -0.3 is 15.1 Å². The molecule has 0 aliphatic heterocycles. The van der Waals surface area contributed by atoms with Crippen LogP contribution in [-0.4, -0.2) is 26.6 Å². The Morgan fingerprint density at radius 3 is 2.55 bits per heavy atom. The van der Waals surface area contributed by atoms with Gasteiger partial charge in [-0.2, -0.15) is 0 Å². The third kappa shape index (κ3) is 6.75. The average molecular weight is 601 g/mol. The minimum absolute atomic E-state index is 0.205. The van der Waals surface area contributed by atoms with Crippen molar-refractivity contribution in [2.24, 2.45) is 0 Å². The Labute approximate surface area is 252 Å². The van der Waals surface area contributed by atoms with Gasteiger partial charge in [-0.1, -0.05) is 60.6 Å². The number of carbonyl (C=O) groups excluding carboxylic acids is 2. The fourth-order valence-electron chi connectivity index (χ4n) is 4.35. The molecule has 2 N–H and O–H groups in total. The van der Waals surface area contributed by atoms with Gasteiger partial charge in [0.2, 0.25) is 5.91 Å². The van der Waals surface area contributed by atoms with Crippen LogP contribution in [0, 0.1) is 6.92 Å². The van der Waals surface area contributed by atoms with Crippen molar-refractivity contribution in [2.75, 3.05) is 5.32 Å². The Kier molecular flexibility index (Phi) is 9.09. The van der Waals surface area contributed by atoms with Gasteiger partial charge in [0.25, 0.3) is 11.5 Å². The molecule has 0 radical (unpaired) electrons. The lowest BCUT2D eigenvalue weighted by molar-refractivity contribution is -0.115. The van der Waals surface area contributed by atoms with E-state index in [0.29, 0.717) is 44.5 Å². The minimum Gasteiger partial charge on any atom is -0.467 e. The monoisotopic (exact) mass is 600 g/mol. The van der Waals surface area contributed by atoms with Crippen LogP contribution in [0.3, 0.4) is 0 Å². The fraction of sp³-hybridized carbons (Fsp3) is 0.188. The van der Waals surface area contributed by atoms with E-state index in [-0.39, 0.29) is 30.5 Å². The Hall–Kier alpha value is -4.34. The van der Waals surface area contributed by atoms with E-state index >= 15 is 0 Å². The molecule has 1 atom stereocenters. The summed E-state index contributed by atoms with van der Waals surface area (Å²) in [6.07, 6.45) is 2.07. The second-order valence-corrected chi connectivity index (χ2v) is 11.3. The van der Waals surface area contributed by atoms with Gasteiger partial charge in [0.1, 0.15) is 5.76 Å². The molecule has 0 saturated heterocycles. The van der Waals surface area contributed by atoms with Crippen molar-refractivity contribution >= 4 is 51.8 Å². The number of hydrogen-bond donors (Lipinski definition) is 2. The zero-order valence-corrected chi connectivity index (χ0v) is 24.7. The minimum atomic E-state index is -0.510. The standard InChI is InChI=1S/C32H29ClN4O4S/c1-3-28(30(39)35-23-15-10-20(2)26(33)17-23)42-32-36-27-9-5-4-8-25(27)31(40)37(32)19-21-11-13-22(14-12-21)29(38)34-18-24-7-6-16-41-24/h4-17,28H,3,18-19H2,1-2H3,(H,34,38)(H,35,39). The summed E-state index contributed by atoms with van der Waals surface area (Å²) in [5.41, 5.74) is 3.18. The molecule has 0 saturated carbocycles. The number of aromatic nitrogens is 2. The highest BCUT2D eigenvalue weighted by atomic mass is 35.5. The van der Waals surface area contributed by atoms with E-state index in [9.17, 15) is 14.4 Å². The van der Waals surface area contributed by atoms with Crippen molar-refractivity contribution in [3.05, 3.63) is 123 Å². The van der Waals surface area contributed by atoms with Crippen LogP contribution in [-0.2, 0) is 17.9 Å². The second kappa shape index (κ2) is 13.1. The predicted molar refractivity (Wildman–Crippen MR) is 166 cm³/mol. The lowest BCUT2D eigenvalue weighted by Gasteiger charge is -2.18. The molecule has 0 aliphatic rings. The molecule has 0 fully saturated rings. The number of halogens is 1. The topological polar surface area (TPSA) is 106 Å². The Morgan fingerprint density at radius 1 is 1.05 bits per heavy atom. The number of benzene rings is 3. The molecule has 0 spiro atoms. The maximum Gasteiger partial charge on any atom is 0.262 e. The van der Waals surface area contributed by atoms with Crippen molar-refractivity contribution < 1.29 is 14.0 Å². The number of aryl methyl sites for hydroxylation is 1. The number of fused-ring (bicyclic) bond motifs is 1. The van der Waals surface area contributed by atoms with E-state index < -0.39 is 5.25 Å². The van der Waals surface area contributed by atoms with Gasteiger partial charge in [-0.05, 0) is 73.0 Å². The lowest BCUT2D eigenvalue weighted by Crippen LogP contribution is -2.28. The largest absolute Gasteiger partial charge is 0.467 e. The average Bonchev–Trinajstić information content (AvgIpc) is 3.52. The number of thioether (sulfide) groups is 1. The third-order valence-corrected chi connectivity index (χ3v) is 8.50. The number of para-hydroxylation sites is 1. The molecule has 10 heteroatoms. The van der Waals surface area contributed by atoms with E-state index in [4.69, 9.17) is 21.0 Å². The summed E-state index contributed by atoms with van der Waals surface area (Å²) < 4.78 is 6.84. The number of carbonyl (C=O) groups is 2. The molecule has 2 amide bonds. The van der Waals surface area contributed by atoms with Crippen molar-refractivity contribution in [1.82, 2.24) is 14.9 Å². The highest BCUT2D eigenvalue weighted by molar-refractivity contribution is 8.00. The smallest absolute Gasteiger partial charge is 0.262 e. The Bertz CT molecular complexity index is 1790. The van der Waals surface area contributed by atoms with Gasteiger partial charge >= 0.3 is 0 Å². The molecule has 2 heterocycles. The first kappa shape index (κ1) is 29.2. The van der Waals surface area contributed by atoms with Crippen molar-refractivity contribution in [3.63, 3.8) is 0 Å². The molecule has 8 nitrogen and oxygen atoms in total. The maximum absolute atomic E-state index is 13.6. The highest BCUT2D eigenvalue weighted by Gasteiger charge is 2.23. The first-order valence-corrected chi connectivity index (χ1v) is 14.7. The number of nitrogens with zero attached hydrogens (tertiary/aromatic N) is 2.